The Labute approximate surface area is 134 Å². The predicted octanol–water partition coefficient (Wildman–Crippen LogP) is 3.13. The van der Waals surface area contributed by atoms with Crippen molar-refractivity contribution in [2.45, 2.75) is 18.8 Å². The Kier molecular flexibility index (Phi) is 4.57. The van der Waals surface area contributed by atoms with Crippen LogP contribution in [0.4, 0.5) is 15.8 Å². The summed E-state index contributed by atoms with van der Waals surface area (Å²) in [5.74, 6) is -0.291. The zero-order valence-corrected chi connectivity index (χ0v) is 12.8. The highest BCUT2D eigenvalue weighted by Crippen LogP contribution is 2.25. The van der Waals surface area contributed by atoms with Crippen LogP contribution in [0.15, 0.2) is 42.5 Å². The Hall–Kier alpha value is -2.40. The lowest BCUT2D eigenvalue weighted by atomic mass is 9.90. The fourth-order valence-corrected chi connectivity index (χ4v) is 2.90. The van der Waals surface area contributed by atoms with Gasteiger partial charge in [-0.2, -0.15) is 0 Å². The zero-order valence-electron chi connectivity index (χ0n) is 12.8. The first-order chi connectivity index (χ1) is 11.1. The lowest BCUT2D eigenvalue weighted by molar-refractivity contribution is 0.102. The van der Waals surface area contributed by atoms with Crippen molar-refractivity contribution in [2.24, 2.45) is 0 Å². The predicted molar refractivity (Wildman–Crippen MR) is 90.1 cm³/mol. The maximum atomic E-state index is 13.3. The Morgan fingerprint density at radius 1 is 1.26 bits per heavy atom. The summed E-state index contributed by atoms with van der Waals surface area (Å²) in [6, 6.07) is 11.5. The number of carbonyl (C=O) groups excluding carboxylic acids is 1. The van der Waals surface area contributed by atoms with Gasteiger partial charge in [-0.15, -0.1) is 0 Å². The van der Waals surface area contributed by atoms with Crippen molar-refractivity contribution >= 4 is 17.3 Å². The lowest BCUT2D eigenvalue weighted by Crippen LogP contribution is -2.28. The molecule has 0 aromatic heterocycles. The zero-order chi connectivity index (χ0) is 16.2. The smallest absolute Gasteiger partial charge is 0.255 e. The van der Waals surface area contributed by atoms with Gasteiger partial charge in [0.25, 0.3) is 5.91 Å². The van der Waals surface area contributed by atoms with E-state index in [4.69, 9.17) is 5.73 Å². The molecule has 3 rings (SSSR count). The van der Waals surface area contributed by atoms with Crippen LogP contribution in [0.3, 0.4) is 0 Å². The van der Waals surface area contributed by atoms with Crippen molar-refractivity contribution in [1.82, 2.24) is 5.32 Å². The molecular formula is C18H20FN3O. The molecule has 1 aliphatic rings. The number of halogens is 1. The molecule has 0 aliphatic carbocycles. The summed E-state index contributed by atoms with van der Waals surface area (Å²) in [6.07, 6.45) is 2.26. The molecule has 0 spiro atoms. The average Bonchev–Trinajstić information content (AvgIpc) is 2.59. The number of hydrogen-bond donors (Lipinski definition) is 3. The van der Waals surface area contributed by atoms with Crippen LogP contribution >= 0.6 is 0 Å². The highest BCUT2D eigenvalue weighted by molar-refractivity contribution is 6.05. The van der Waals surface area contributed by atoms with Crippen molar-refractivity contribution in [3.8, 4) is 0 Å². The van der Waals surface area contributed by atoms with Gasteiger partial charge >= 0.3 is 0 Å². The first kappa shape index (κ1) is 15.5. The quantitative estimate of drug-likeness (QED) is 0.763. The molecule has 1 fully saturated rings. The standard InChI is InChI=1S/C18H20FN3O/c19-15-6-7-16(20)17(10-15)22-18(23)13-4-1-3-12(9-13)14-5-2-8-21-11-14/h1,3-4,6-7,9-10,14,21H,2,5,8,11,20H2,(H,22,23). The summed E-state index contributed by atoms with van der Waals surface area (Å²) in [5.41, 5.74) is 8.11. The van der Waals surface area contributed by atoms with Crippen LogP contribution in [0, 0.1) is 5.82 Å². The molecule has 4 nitrogen and oxygen atoms in total. The Morgan fingerprint density at radius 2 is 2.13 bits per heavy atom. The highest BCUT2D eigenvalue weighted by atomic mass is 19.1. The average molecular weight is 313 g/mol. The van der Waals surface area contributed by atoms with Crippen molar-refractivity contribution in [2.75, 3.05) is 24.1 Å². The van der Waals surface area contributed by atoms with E-state index in [0.29, 0.717) is 22.9 Å². The third-order valence-corrected chi connectivity index (χ3v) is 4.18. The Bertz CT molecular complexity index is 711. The van der Waals surface area contributed by atoms with Crippen molar-refractivity contribution < 1.29 is 9.18 Å². The molecule has 1 saturated heterocycles. The monoisotopic (exact) mass is 313 g/mol. The molecule has 1 heterocycles. The van der Waals surface area contributed by atoms with Gasteiger partial charge in [0.05, 0.1) is 11.4 Å². The first-order valence-electron chi connectivity index (χ1n) is 7.80. The number of carbonyl (C=O) groups is 1. The van der Waals surface area contributed by atoms with Crippen LogP contribution in [0.25, 0.3) is 0 Å². The van der Waals surface area contributed by atoms with Gasteiger partial charge in [0.1, 0.15) is 5.82 Å². The number of amides is 1. The molecule has 0 saturated carbocycles. The van der Waals surface area contributed by atoms with Crippen LogP contribution in [-0.4, -0.2) is 19.0 Å². The second kappa shape index (κ2) is 6.79. The third-order valence-electron chi connectivity index (χ3n) is 4.18. The van der Waals surface area contributed by atoms with Crippen molar-refractivity contribution in [3.05, 3.63) is 59.4 Å². The largest absolute Gasteiger partial charge is 0.397 e. The second-order valence-corrected chi connectivity index (χ2v) is 5.85. The molecule has 5 heteroatoms. The fraction of sp³-hybridized carbons (Fsp3) is 0.278. The van der Waals surface area contributed by atoms with Gasteiger partial charge in [-0.05, 0) is 61.2 Å². The maximum absolute atomic E-state index is 13.3. The van der Waals surface area contributed by atoms with Gasteiger partial charge in [-0.25, -0.2) is 4.39 Å². The van der Waals surface area contributed by atoms with E-state index in [1.807, 2.05) is 18.2 Å². The number of nitrogens with one attached hydrogen (secondary N) is 2. The minimum atomic E-state index is -0.434. The molecule has 0 bridgehead atoms. The van der Waals surface area contributed by atoms with E-state index in [-0.39, 0.29) is 5.91 Å². The van der Waals surface area contributed by atoms with Crippen LogP contribution < -0.4 is 16.4 Å². The van der Waals surface area contributed by atoms with E-state index in [1.165, 1.54) is 18.2 Å². The number of anilines is 2. The number of nitrogens with two attached hydrogens (primary N) is 1. The van der Waals surface area contributed by atoms with Crippen molar-refractivity contribution in [3.63, 3.8) is 0 Å². The van der Waals surface area contributed by atoms with Gasteiger partial charge in [0.15, 0.2) is 0 Å². The van der Waals surface area contributed by atoms with E-state index in [0.717, 1.165) is 31.5 Å². The summed E-state index contributed by atoms with van der Waals surface area (Å²) < 4.78 is 13.3. The van der Waals surface area contributed by atoms with Crippen LogP contribution in [0.1, 0.15) is 34.7 Å². The van der Waals surface area contributed by atoms with E-state index in [1.54, 1.807) is 6.07 Å². The van der Waals surface area contributed by atoms with Gasteiger partial charge in [-0.3, -0.25) is 4.79 Å². The molecular weight excluding hydrogens is 293 g/mol. The molecule has 1 atom stereocenters. The Balaban J connectivity index is 1.78. The summed E-state index contributed by atoms with van der Waals surface area (Å²) in [4.78, 5) is 12.4. The van der Waals surface area contributed by atoms with E-state index in [2.05, 4.69) is 10.6 Å². The third kappa shape index (κ3) is 3.68. The molecule has 4 N–H and O–H groups in total. The fourth-order valence-electron chi connectivity index (χ4n) is 2.90. The molecule has 23 heavy (non-hydrogen) atoms. The van der Waals surface area contributed by atoms with Crippen LogP contribution in [0.2, 0.25) is 0 Å². The molecule has 2 aromatic carbocycles. The van der Waals surface area contributed by atoms with Crippen LogP contribution in [0.5, 0.6) is 0 Å². The van der Waals surface area contributed by atoms with Crippen molar-refractivity contribution in [1.29, 1.82) is 0 Å². The Morgan fingerprint density at radius 3 is 2.91 bits per heavy atom. The number of piperidine rings is 1. The SMILES string of the molecule is Nc1ccc(F)cc1NC(=O)c1cccc(C2CCCNC2)c1. The number of rotatable bonds is 3. The molecule has 1 amide bonds. The van der Waals surface area contributed by atoms with Gasteiger partial charge in [-0.1, -0.05) is 12.1 Å². The molecule has 1 unspecified atom stereocenters. The summed E-state index contributed by atoms with van der Waals surface area (Å²) in [7, 11) is 0. The van der Waals surface area contributed by atoms with E-state index in [9.17, 15) is 9.18 Å². The molecule has 0 radical (unpaired) electrons. The topological polar surface area (TPSA) is 67.1 Å². The first-order valence-corrected chi connectivity index (χ1v) is 7.80. The minimum absolute atomic E-state index is 0.284. The van der Waals surface area contributed by atoms with Gasteiger partial charge in [0.2, 0.25) is 0 Å². The highest BCUT2D eigenvalue weighted by Gasteiger charge is 2.17. The molecule has 2 aromatic rings. The molecule has 120 valence electrons. The van der Waals surface area contributed by atoms with Gasteiger partial charge < -0.3 is 16.4 Å². The number of hydrogen-bond acceptors (Lipinski definition) is 3. The number of nitrogen functional groups attached to an aromatic ring is 1. The summed E-state index contributed by atoms with van der Waals surface area (Å²) in [6.45, 7) is 1.98. The van der Waals surface area contributed by atoms with E-state index >= 15 is 0 Å². The summed E-state index contributed by atoms with van der Waals surface area (Å²) >= 11 is 0. The second-order valence-electron chi connectivity index (χ2n) is 5.85. The van der Waals surface area contributed by atoms with Gasteiger partial charge in [0, 0.05) is 12.1 Å². The normalized spacial score (nSPS) is 17.7. The minimum Gasteiger partial charge on any atom is -0.397 e. The molecule has 1 aliphatic heterocycles. The summed E-state index contributed by atoms with van der Waals surface area (Å²) in [5, 5.41) is 6.05. The van der Waals surface area contributed by atoms with Crippen LogP contribution in [-0.2, 0) is 0 Å². The lowest BCUT2D eigenvalue weighted by Gasteiger charge is -2.23. The van der Waals surface area contributed by atoms with E-state index < -0.39 is 5.82 Å². The maximum Gasteiger partial charge on any atom is 0.255 e. The number of benzene rings is 2.